The Kier molecular flexibility index (Phi) is 4.01. The van der Waals surface area contributed by atoms with Gasteiger partial charge in [0.25, 0.3) is 11.8 Å². The van der Waals surface area contributed by atoms with Crippen LogP contribution in [0, 0.1) is 0 Å². The fourth-order valence-corrected chi connectivity index (χ4v) is 2.71. The Balaban J connectivity index is 1.89. The fourth-order valence-electron chi connectivity index (χ4n) is 2.52. The maximum atomic E-state index is 14.5. The highest BCUT2D eigenvalue weighted by atomic mass is 35.5. The van der Waals surface area contributed by atoms with Gasteiger partial charge in [0.1, 0.15) is 5.83 Å². The Labute approximate surface area is 138 Å². The topological polar surface area (TPSA) is 37.4 Å². The van der Waals surface area contributed by atoms with Crippen molar-refractivity contribution in [3.05, 3.63) is 76.1 Å². The third-order valence-corrected chi connectivity index (χ3v) is 4.07. The summed E-state index contributed by atoms with van der Waals surface area (Å²) in [5.74, 6) is -1.49. The number of benzene rings is 2. The number of amides is 2. The largest absolute Gasteiger partial charge is 0.269 e. The summed E-state index contributed by atoms with van der Waals surface area (Å²) in [5, 5.41) is 0.496. The highest BCUT2D eigenvalue weighted by Crippen LogP contribution is 2.27. The zero-order chi connectivity index (χ0) is 16.6. The molecule has 0 unspecified atom stereocenters. The van der Waals surface area contributed by atoms with Crippen LogP contribution < -0.4 is 0 Å². The molecular formula is C18H13ClFNO2. The van der Waals surface area contributed by atoms with E-state index in [4.69, 9.17) is 11.6 Å². The highest BCUT2D eigenvalue weighted by Gasteiger charge is 2.35. The van der Waals surface area contributed by atoms with Crippen molar-refractivity contribution < 1.29 is 14.0 Å². The van der Waals surface area contributed by atoms with E-state index in [1.807, 2.05) is 0 Å². The molecule has 0 N–H and O–H groups in total. The van der Waals surface area contributed by atoms with E-state index in [2.05, 4.69) is 0 Å². The lowest BCUT2D eigenvalue weighted by Gasteiger charge is -2.14. The number of nitrogens with zero attached hydrogens (tertiary/aromatic N) is 1. The van der Waals surface area contributed by atoms with Gasteiger partial charge in [0.15, 0.2) is 0 Å². The zero-order valence-corrected chi connectivity index (χ0v) is 13.1. The molecule has 0 fully saturated rings. The van der Waals surface area contributed by atoms with Crippen molar-refractivity contribution in [2.75, 3.05) is 6.54 Å². The van der Waals surface area contributed by atoms with Crippen molar-refractivity contribution in [2.24, 2.45) is 0 Å². The number of fused-ring (bicyclic) bond motifs is 1. The van der Waals surface area contributed by atoms with Gasteiger partial charge in [0.2, 0.25) is 0 Å². The molecule has 2 aromatic carbocycles. The van der Waals surface area contributed by atoms with Crippen molar-refractivity contribution in [1.29, 1.82) is 0 Å². The van der Waals surface area contributed by atoms with Crippen LogP contribution in [0.25, 0.3) is 5.57 Å². The summed E-state index contributed by atoms with van der Waals surface area (Å²) in [6.45, 7) is 1.21. The molecule has 23 heavy (non-hydrogen) atoms. The molecule has 1 aliphatic heterocycles. The van der Waals surface area contributed by atoms with Crippen molar-refractivity contribution >= 4 is 29.0 Å². The number of imide groups is 1. The van der Waals surface area contributed by atoms with Crippen molar-refractivity contribution in [1.82, 2.24) is 4.90 Å². The van der Waals surface area contributed by atoms with E-state index in [9.17, 15) is 14.0 Å². The second-order valence-corrected chi connectivity index (χ2v) is 5.72. The third kappa shape index (κ3) is 2.78. The first-order valence-corrected chi connectivity index (χ1v) is 7.43. The second-order valence-electron chi connectivity index (χ2n) is 5.28. The number of carbonyl (C=O) groups excluding carboxylic acids is 2. The van der Waals surface area contributed by atoms with Gasteiger partial charge in [-0.2, -0.15) is 0 Å². The summed E-state index contributed by atoms with van der Waals surface area (Å²) >= 11 is 5.91. The summed E-state index contributed by atoms with van der Waals surface area (Å²) in [7, 11) is 0. The molecule has 3 nitrogen and oxygen atoms in total. The minimum Gasteiger partial charge on any atom is -0.269 e. The number of allylic oxidation sites excluding steroid dienone is 1. The standard InChI is InChI=1S/C18H13ClFNO2/c1-11(12-5-4-6-13(19)9-12)16(20)10-21-17(22)14-7-2-3-8-15(14)18(21)23/h2-9H,10H2,1H3/b16-11-. The normalized spacial score (nSPS) is 14.8. The molecule has 0 atom stereocenters. The maximum Gasteiger partial charge on any atom is 0.261 e. The van der Waals surface area contributed by atoms with Crippen LogP contribution in [0.1, 0.15) is 33.2 Å². The monoisotopic (exact) mass is 329 g/mol. The predicted molar refractivity (Wildman–Crippen MR) is 87.0 cm³/mol. The molecule has 0 bridgehead atoms. The van der Waals surface area contributed by atoms with Gasteiger partial charge in [-0.1, -0.05) is 35.9 Å². The summed E-state index contributed by atoms with van der Waals surface area (Å²) in [4.78, 5) is 25.4. The molecule has 2 aromatic rings. The van der Waals surface area contributed by atoms with E-state index in [-0.39, 0.29) is 6.54 Å². The predicted octanol–water partition coefficient (Wildman–Crippen LogP) is 4.34. The second kappa shape index (κ2) is 5.97. The van der Waals surface area contributed by atoms with Crippen LogP contribution in [0.2, 0.25) is 5.02 Å². The van der Waals surface area contributed by atoms with E-state index in [0.717, 1.165) is 4.90 Å². The van der Waals surface area contributed by atoms with Crippen LogP contribution in [0.15, 0.2) is 54.4 Å². The van der Waals surface area contributed by atoms with Crippen LogP contribution in [-0.4, -0.2) is 23.3 Å². The Morgan fingerprint density at radius 3 is 2.22 bits per heavy atom. The lowest BCUT2D eigenvalue weighted by Crippen LogP contribution is -2.31. The molecule has 0 spiro atoms. The van der Waals surface area contributed by atoms with Gasteiger partial charge >= 0.3 is 0 Å². The molecule has 3 rings (SSSR count). The number of carbonyl (C=O) groups is 2. The molecule has 5 heteroatoms. The molecule has 0 saturated carbocycles. The number of halogens is 2. The summed E-state index contributed by atoms with van der Waals surface area (Å²) < 4.78 is 14.5. The highest BCUT2D eigenvalue weighted by molar-refractivity contribution is 6.30. The molecule has 2 amide bonds. The average molecular weight is 330 g/mol. The Morgan fingerprint density at radius 2 is 1.65 bits per heavy atom. The Morgan fingerprint density at radius 1 is 1.04 bits per heavy atom. The number of rotatable bonds is 3. The molecule has 0 radical (unpaired) electrons. The van der Waals surface area contributed by atoms with Crippen molar-refractivity contribution in [3.63, 3.8) is 0 Å². The quantitative estimate of drug-likeness (QED) is 0.786. The first kappa shape index (κ1) is 15.4. The average Bonchev–Trinajstić information content (AvgIpc) is 2.79. The van der Waals surface area contributed by atoms with Crippen LogP contribution in [0.3, 0.4) is 0 Å². The molecule has 0 aliphatic carbocycles. The number of hydrogen-bond donors (Lipinski definition) is 0. The Bertz CT molecular complexity index is 809. The first-order valence-electron chi connectivity index (χ1n) is 7.05. The van der Waals surface area contributed by atoms with Gasteiger partial charge < -0.3 is 0 Å². The summed E-state index contributed by atoms with van der Waals surface area (Å²) in [5.41, 5.74) is 1.59. The Hall–Kier alpha value is -2.46. The van der Waals surface area contributed by atoms with Crippen LogP contribution in [-0.2, 0) is 0 Å². The lowest BCUT2D eigenvalue weighted by atomic mass is 10.1. The SMILES string of the molecule is C/C(=C(/F)CN1C(=O)c2ccccc2C1=O)c1cccc(Cl)c1. The van der Waals surface area contributed by atoms with E-state index < -0.39 is 17.6 Å². The van der Waals surface area contributed by atoms with Gasteiger partial charge in [-0.25, -0.2) is 4.39 Å². The van der Waals surface area contributed by atoms with Gasteiger partial charge in [-0.05, 0) is 42.3 Å². The molecule has 0 saturated heterocycles. The van der Waals surface area contributed by atoms with Crippen LogP contribution in [0.5, 0.6) is 0 Å². The van der Waals surface area contributed by atoms with E-state index in [0.29, 0.717) is 27.3 Å². The fraction of sp³-hybridized carbons (Fsp3) is 0.111. The molecule has 0 aromatic heterocycles. The molecule has 1 aliphatic rings. The lowest BCUT2D eigenvalue weighted by molar-refractivity contribution is 0.0660. The van der Waals surface area contributed by atoms with E-state index >= 15 is 0 Å². The molecule has 116 valence electrons. The summed E-state index contributed by atoms with van der Waals surface area (Å²) in [6, 6.07) is 13.3. The number of hydrogen-bond acceptors (Lipinski definition) is 2. The van der Waals surface area contributed by atoms with Gasteiger partial charge in [-0.15, -0.1) is 0 Å². The van der Waals surface area contributed by atoms with Gasteiger partial charge in [0.05, 0.1) is 17.7 Å². The van der Waals surface area contributed by atoms with E-state index in [1.54, 1.807) is 55.5 Å². The first-order chi connectivity index (χ1) is 11.0. The van der Waals surface area contributed by atoms with Gasteiger partial charge in [0, 0.05) is 5.02 Å². The van der Waals surface area contributed by atoms with Crippen LogP contribution in [0.4, 0.5) is 4.39 Å². The zero-order valence-electron chi connectivity index (χ0n) is 12.3. The summed E-state index contributed by atoms with van der Waals surface area (Å²) in [6.07, 6.45) is 0. The van der Waals surface area contributed by atoms with Crippen LogP contribution >= 0.6 is 11.6 Å². The smallest absolute Gasteiger partial charge is 0.261 e. The van der Waals surface area contributed by atoms with Gasteiger partial charge in [-0.3, -0.25) is 14.5 Å². The molecule has 1 heterocycles. The third-order valence-electron chi connectivity index (χ3n) is 3.84. The minimum atomic E-state index is -0.540. The van der Waals surface area contributed by atoms with Crippen molar-refractivity contribution in [3.8, 4) is 0 Å². The van der Waals surface area contributed by atoms with E-state index in [1.165, 1.54) is 0 Å². The molecular weight excluding hydrogens is 317 g/mol. The van der Waals surface area contributed by atoms with Crippen molar-refractivity contribution in [2.45, 2.75) is 6.92 Å². The minimum absolute atomic E-state index is 0.311. The maximum absolute atomic E-state index is 14.5.